The van der Waals surface area contributed by atoms with Gasteiger partial charge in [0.05, 0.1) is 5.56 Å². The molecule has 1 amide bonds. The van der Waals surface area contributed by atoms with Gasteiger partial charge in [0.15, 0.2) is 0 Å². The Bertz CT molecular complexity index is 697. The second kappa shape index (κ2) is 7.30. The van der Waals surface area contributed by atoms with E-state index < -0.39 is 0 Å². The zero-order chi connectivity index (χ0) is 16.4. The summed E-state index contributed by atoms with van der Waals surface area (Å²) >= 11 is 3.51. The smallest absolute Gasteiger partial charge is 0.252 e. The van der Waals surface area contributed by atoms with Crippen molar-refractivity contribution in [3.8, 4) is 0 Å². The van der Waals surface area contributed by atoms with E-state index in [1.54, 1.807) is 23.1 Å². The van der Waals surface area contributed by atoms with Crippen LogP contribution < -0.4 is 5.32 Å². The fraction of sp³-hybridized carbons (Fsp3) is 0.421. The molecule has 3 nitrogen and oxygen atoms in total. The summed E-state index contributed by atoms with van der Waals surface area (Å²) in [5.41, 5.74) is 0.809. The Labute approximate surface area is 151 Å². The first-order chi connectivity index (χ1) is 11.8. The fourth-order valence-electron chi connectivity index (χ4n) is 3.26. The molecule has 1 saturated carbocycles. The van der Waals surface area contributed by atoms with E-state index in [1.807, 2.05) is 18.2 Å². The van der Waals surface area contributed by atoms with Crippen molar-refractivity contribution in [2.45, 2.75) is 42.0 Å². The third kappa shape index (κ3) is 3.85. The summed E-state index contributed by atoms with van der Waals surface area (Å²) in [4.78, 5) is 17.7. The summed E-state index contributed by atoms with van der Waals surface area (Å²) in [6.07, 6.45) is 3.75. The first-order valence-corrected chi connectivity index (χ1v) is 10.5. The van der Waals surface area contributed by atoms with Crippen molar-refractivity contribution in [3.05, 3.63) is 52.2 Å². The molecule has 1 aliphatic heterocycles. The molecular formula is C19H22N2OS2. The van der Waals surface area contributed by atoms with Crippen LogP contribution in [0.15, 0.2) is 46.7 Å². The van der Waals surface area contributed by atoms with Gasteiger partial charge in [-0.25, -0.2) is 0 Å². The standard InChI is InChI=1S/C19H22N2OS2/c22-19(20-14-9-10-21(12-14)15-7-8-15)17-5-1-2-6-18(17)24-13-16-4-3-11-23-16/h1-6,11,14-15H,7-10,12-13H2,(H,20,22). The molecule has 1 aliphatic carbocycles. The minimum absolute atomic E-state index is 0.0759. The van der Waals surface area contributed by atoms with E-state index in [1.165, 1.54) is 17.7 Å². The van der Waals surface area contributed by atoms with Gasteiger partial charge >= 0.3 is 0 Å². The number of carbonyl (C=O) groups excluding carboxylic acids is 1. The summed E-state index contributed by atoms with van der Waals surface area (Å²) in [6.45, 7) is 2.14. The molecule has 2 aromatic rings. The Morgan fingerprint density at radius 3 is 2.88 bits per heavy atom. The Morgan fingerprint density at radius 2 is 2.08 bits per heavy atom. The number of nitrogens with one attached hydrogen (secondary N) is 1. The predicted molar refractivity (Wildman–Crippen MR) is 101 cm³/mol. The number of nitrogens with zero attached hydrogens (tertiary/aromatic N) is 1. The minimum Gasteiger partial charge on any atom is -0.348 e. The van der Waals surface area contributed by atoms with E-state index in [0.717, 1.165) is 41.8 Å². The van der Waals surface area contributed by atoms with Gasteiger partial charge in [0.2, 0.25) is 0 Å². The zero-order valence-corrected chi connectivity index (χ0v) is 15.2. The van der Waals surface area contributed by atoms with Gasteiger partial charge in [0, 0.05) is 40.7 Å². The van der Waals surface area contributed by atoms with Crippen molar-refractivity contribution < 1.29 is 4.79 Å². The summed E-state index contributed by atoms with van der Waals surface area (Å²) in [5, 5.41) is 5.35. The molecule has 0 bridgehead atoms. The molecule has 126 valence electrons. The van der Waals surface area contributed by atoms with E-state index >= 15 is 0 Å². The lowest BCUT2D eigenvalue weighted by Gasteiger charge is -2.16. The third-order valence-electron chi connectivity index (χ3n) is 4.70. The van der Waals surface area contributed by atoms with Crippen molar-refractivity contribution in [3.63, 3.8) is 0 Å². The van der Waals surface area contributed by atoms with E-state index in [9.17, 15) is 4.79 Å². The van der Waals surface area contributed by atoms with Crippen molar-refractivity contribution in [1.29, 1.82) is 0 Å². The molecule has 24 heavy (non-hydrogen) atoms. The van der Waals surface area contributed by atoms with Gasteiger partial charge in [-0.05, 0) is 42.8 Å². The molecule has 5 heteroatoms. The average Bonchev–Trinajstić information content (AvgIpc) is 3.12. The Hall–Kier alpha value is -1.30. The fourth-order valence-corrected chi connectivity index (χ4v) is 5.09. The van der Waals surface area contributed by atoms with Crippen LogP contribution in [-0.4, -0.2) is 36.0 Å². The molecular weight excluding hydrogens is 336 g/mol. The summed E-state index contributed by atoms with van der Waals surface area (Å²) < 4.78 is 0. The van der Waals surface area contributed by atoms with Crippen LogP contribution in [0.4, 0.5) is 0 Å². The van der Waals surface area contributed by atoms with E-state index in [-0.39, 0.29) is 5.91 Å². The molecule has 0 spiro atoms. The molecule has 1 unspecified atom stereocenters. The third-order valence-corrected chi connectivity index (χ3v) is 6.88. The number of hydrogen-bond donors (Lipinski definition) is 1. The maximum Gasteiger partial charge on any atom is 0.252 e. The first-order valence-electron chi connectivity index (χ1n) is 8.59. The normalized spacial score (nSPS) is 21.1. The molecule has 2 heterocycles. The number of hydrogen-bond acceptors (Lipinski definition) is 4. The second-order valence-corrected chi connectivity index (χ2v) is 8.60. The number of rotatable bonds is 6. The lowest BCUT2D eigenvalue weighted by molar-refractivity contribution is 0.0934. The van der Waals surface area contributed by atoms with Gasteiger partial charge in [-0.15, -0.1) is 23.1 Å². The van der Waals surface area contributed by atoms with Crippen LogP contribution in [0.1, 0.15) is 34.5 Å². The van der Waals surface area contributed by atoms with E-state index in [0.29, 0.717) is 6.04 Å². The van der Waals surface area contributed by atoms with E-state index in [4.69, 9.17) is 0 Å². The molecule has 2 fully saturated rings. The quantitative estimate of drug-likeness (QED) is 0.792. The largest absolute Gasteiger partial charge is 0.348 e. The highest BCUT2D eigenvalue weighted by atomic mass is 32.2. The molecule has 1 saturated heterocycles. The molecule has 0 radical (unpaired) electrons. The molecule has 1 aromatic carbocycles. The van der Waals surface area contributed by atoms with Crippen LogP contribution in [0.3, 0.4) is 0 Å². The number of carbonyl (C=O) groups is 1. The van der Waals surface area contributed by atoms with E-state index in [2.05, 4.69) is 33.8 Å². The molecule has 2 aliphatic rings. The van der Waals surface area contributed by atoms with Gasteiger partial charge in [-0.1, -0.05) is 18.2 Å². The molecule has 4 rings (SSSR count). The lowest BCUT2D eigenvalue weighted by atomic mass is 10.2. The second-order valence-electron chi connectivity index (χ2n) is 6.55. The van der Waals surface area contributed by atoms with Crippen LogP contribution in [0, 0.1) is 0 Å². The van der Waals surface area contributed by atoms with Crippen LogP contribution in [-0.2, 0) is 5.75 Å². The monoisotopic (exact) mass is 358 g/mol. The minimum atomic E-state index is 0.0759. The first kappa shape index (κ1) is 16.2. The summed E-state index contributed by atoms with van der Waals surface area (Å²) in [7, 11) is 0. The zero-order valence-electron chi connectivity index (χ0n) is 13.6. The number of benzene rings is 1. The van der Waals surface area contributed by atoms with Crippen molar-refractivity contribution in [2.24, 2.45) is 0 Å². The average molecular weight is 359 g/mol. The highest BCUT2D eigenvalue weighted by Gasteiger charge is 2.34. The van der Waals surface area contributed by atoms with Gasteiger partial charge in [-0.2, -0.15) is 0 Å². The van der Waals surface area contributed by atoms with Crippen LogP contribution >= 0.6 is 23.1 Å². The van der Waals surface area contributed by atoms with Gasteiger partial charge in [0.1, 0.15) is 0 Å². The highest BCUT2D eigenvalue weighted by Crippen LogP contribution is 2.30. The highest BCUT2D eigenvalue weighted by molar-refractivity contribution is 7.98. The number of thiophene rings is 1. The Morgan fingerprint density at radius 1 is 1.21 bits per heavy atom. The van der Waals surface area contributed by atoms with Crippen molar-refractivity contribution in [2.75, 3.05) is 13.1 Å². The Kier molecular flexibility index (Phi) is 4.92. The topological polar surface area (TPSA) is 32.3 Å². The maximum absolute atomic E-state index is 12.7. The summed E-state index contributed by atoms with van der Waals surface area (Å²) in [5.74, 6) is 0.993. The molecule has 1 atom stereocenters. The van der Waals surface area contributed by atoms with Crippen molar-refractivity contribution in [1.82, 2.24) is 10.2 Å². The molecule has 1 N–H and O–H groups in total. The van der Waals surface area contributed by atoms with Gasteiger partial charge in [0.25, 0.3) is 5.91 Å². The maximum atomic E-state index is 12.7. The number of amides is 1. The number of likely N-dealkylation sites (tertiary alicyclic amines) is 1. The van der Waals surface area contributed by atoms with Gasteiger partial charge < -0.3 is 5.32 Å². The predicted octanol–water partition coefficient (Wildman–Crippen LogP) is 4.01. The SMILES string of the molecule is O=C(NC1CCN(C2CC2)C1)c1ccccc1SCc1cccs1. The Balaban J connectivity index is 1.38. The molecule has 1 aromatic heterocycles. The van der Waals surface area contributed by atoms with Crippen LogP contribution in [0.5, 0.6) is 0 Å². The van der Waals surface area contributed by atoms with Crippen LogP contribution in [0.25, 0.3) is 0 Å². The van der Waals surface area contributed by atoms with Crippen LogP contribution in [0.2, 0.25) is 0 Å². The van der Waals surface area contributed by atoms with Gasteiger partial charge in [-0.3, -0.25) is 9.69 Å². The number of thioether (sulfide) groups is 1. The van der Waals surface area contributed by atoms with Crippen molar-refractivity contribution >= 4 is 29.0 Å². The lowest BCUT2D eigenvalue weighted by Crippen LogP contribution is -2.37. The summed E-state index contributed by atoms with van der Waals surface area (Å²) in [6, 6.07) is 13.3.